The maximum Gasteiger partial charge on any atom is 0.336 e. The number of ether oxygens (including phenoxy) is 6. The summed E-state index contributed by atoms with van der Waals surface area (Å²) in [7, 11) is 6.08. The van der Waals surface area contributed by atoms with Crippen LogP contribution in [0.5, 0.6) is 40.2 Å². The first-order valence-electron chi connectivity index (χ1n) is 11.0. The molecule has 190 valence electrons. The maximum atomic E-state index is 12.8. The minimum absolute atomic E-state index is 0.0238. The highest BCUT2D eigenvalue weighted by atomic mass is 16.5. The molecule has 0 aliphatic heterocycles. The number of rotatable bonds is 9. The average Bonchev–Trinajstić information content (AvgIpc) is 2.93. The predicted octanol–water partition coefficient (Wildman–Crippen LogP) is 5.24. The summed E-state index contributed by atoms with van der Waals surface area (Å²) >= 11 is 0. The molecule has 0 spiro atoms. The van der Waals surface area contributed by atoms with E-state index in [-0.39, 0.29) is 27.9 Å². The van der Waals surface area contributed by atoms with Gasteiger partial charge in [0.25, 0.3) is 0 Å². The molecular weight excluding hydrogens is 480 g/mol. The fraction of sp³-hybridized carbons (Fsp3) is 0.143. The molecule has 0 unspecified atom stereocenters. The van der Waals surface area contributed by atoms with Crippen LogP contribution in [0.1, 0.15) is 5.56 Å². The largest absolute Gasteiger partial charge is 0.497 e. The molecule has 37 heavy (non-hydrogen) atoms. The summed E-state index contributed by atoms with van der Waals surface area (Å²) in [6.45, 7) is 0. The Hall–Kier alpha value is -4.92. The van der Waals surface area contributed by atoms with Gasteiger partial charge in [-0.3, -0.25) is 4.79 Å². The Balaban J connectivity index is 1.49. The van der Waals surface area contributed by atoms with Crippen molar-refractivity contribution < 1.29 is 37.6 Å². The van der Waals surface area contributed by atoms with Crippen LogP contribution in [0.25, 0.3) is 17.0 Å². The van der Waals surface area contributed by atoms with E-state index in [0.29, 0.717) is 34.3 Å². The zero-order chi connectivity index (χ0) is 26.4. The molecule has 1 aromatic heterocycles. The highest BCUT2D eigenvalue weighted by Gasteiger charge is 2.13. The smallest absolute Gasteiger partial charge is 0.336 e. The second-order valence-corrected chi connectivity index (χ2v) is 7.58. The van der Waals surface area contributed by atoms with Gasteiger partial charge in [0.15, 0.2) is 11.5 Å². The first-order valence-corrected chi connectivity index (χ1v) is 11.0. The van der Waals surface area contributed by atoms with E-state index in [1.807, 2.05) is 0 Å². The highest BCUT2D eigenvalue weighted by Crippen LogP contribution is 2.38. The Bertz CT molecular complexity index is 1480. The maximum absolute atomic E-state index is 12.8. The minimum Gasteiger partial charge on any atom is -0.497 e. The Kier molecular flexibility index (Phi) is 7.63. The predicted molar refractivity (Wildman–Crippen MR) is 136 cm³/mol. The van der Waals surface area contributed by atoms with Crippen LogP contribution >= 0.6 is 0 Å². The molecule has 9 nitrogen and oxygen atoms in total. The van der Waals surface area contributed by atoms with Crippen molar-refractivity contribution in [3.05, 3.63) is 82.7 Å². The van der Waals surface area contributed by atoms with Crippen LogP contribution in [0.2, 0.25) is 0 Å². The normalized spacial score (nSPS) is 10.8. The molecule has 0 amide bonds. The lowest BCUT2D eigenvalue weighted by molar-refractivity contribution is -0.128. The number of benzene rings is 3. The van der Waals surface area contributed by atoms with Crippen LogP contribution in [0.15, 0.2) is 76.1 Å². The first kappa shape index (κ1) is 25.2. The molecule has 0 aliphatic carbocycles. The van der Waals surface area contributed by atoms with Gasteiger partial charge in [-0.15, -0.1) is 0 Å². The molecule has 0 atom stereocenters. The fourth-order valence-corrected chi connectivity index (χ4v) is 3.51. The van der Waals surface area contributed by atoms with Gasteiger partial charge in [-0.2, -0.15) is 0 Å². The van der Waals surface area contributed by atoms with Crippen molar-refractivity contribution in [2.45, 2.75) is 0 Å². The monoisotopic (exact) mass is 504 g/mol. The number of esters is 1. The quantitative estimate of drug-likeness (QED) is 0.172. The zero-order valence-corrected chi connectivity index (χ0v) is 20.6. The van der Waals surface area contributed by atoms with E-state index >= 15 is 0 Å². The van der Waals surface area contributed by atoms with Crippen molar-refractivity contribution in [1.29, 1.82) is 0 Å². The van der Waals surface area contributed by atoms with Gasteiger partial charge < -0.3 is 32.8 Å². The van der Waals surface area contributed by atoms with Crippen LogP contribution < -0.4 is 33.8 Å². The summed E-state index contributed by atoms with van der Waals surface area (Å²) in [5.74, 6) is 2.07. The summed E-state index contributed by atoms with van der Waals surface area (Å²) in [5, 5.41) is 0.277. The Morgan fingerprint density at radius 3 is 2.03 bits per heavy atom. The van der Waals surface area contributed by atoms with E-state index in [1.54, 1.807) is 49.6 Å². The fourth-order valence-electron chi connectivity index (χ4n) is 3.51. The molecule has 0 N–H and O–H groups in total. The highest BCUT2D eigenvalue weighted by molar-refractivity contribution is 5.89. The Morgan fingerprint density at radius 2 is 1.41 bits per heavy atom. The van der Waals surface area contributed by atoms with Crippen LogP contribution in [0.3, 0.4) is 0 Å². The van der Waals surface area contributed by atoms with Crippen LogP contribution in [-0.4, -0.2) is 34.4 Å². The van der Waals surface area contributed by atoms with Gasteiger partial charge >= 0.3 is 5.97 Å². The molecule has 9 heteroatoms. The second kappa shape index (κ2) is 11.2. The van der Waals surface area contributed by atoms with Gasteiger partial charge in [-0.05, 0) is 60.2 Å². The summed E-state index contributed by atoms with van der Waals surface area (Å²) in [5.41, 5.74) is 0.517. The molecule has 0 aliphatic rings. The molecular formula is C28H24O9. The third-order valence-corrected chi connectivity index (χ3v) is 5.32. The van der Waals surface area contributed by atoms with Crippen molar-refractivity contribution in [2.24, 2.45) is 0 Å². The topological polar surface area (TPSA) is 103 Å². The standard InChI is InChI=1S/C28H24O9/c1-31-18-6-8-19(9-7-18)36-25-16-35-22-15-20(10-11-21(22)27(25)30)37-26(29)12-5-17-13-23(32-2)28(34-4)24(14-17)33-3/h5-16H,1-4H3/b12-5+. The van der Waals surface area contributed by atoms with Gasteiger partial charge in [0.1, 0.15) is 29.1 Å². The van der Waals surface area contributed by atoms with E-state index in [4.69, 9.17) is 32.8 Å². The SMILES string of the molecule is COc1ccc(Oc2coc3cc(OC(=O)/C=C/c4cc(OC)c(OC)c(OC)c4)ccc3c2=O)cc1. The molecule has 0 saturated carbocycles. The van der Waals surface area contributed by atoms with Crippen LogP contribution in [-0.2, 0) is 4.79 Å². The van der Waals surface area contributed by atoms with Gasteiger partial charge in [0.05, 0.1) is 33.8 Å². The van der Waals surface area contributed by atoms with Gasteiger partial charge in [-0.1, -0.05) is 0 Å². The van der Waals surface area contributed by atoms with E-state index in [1.165, 1.54) is 51.9 Å². The number of carbonyl (C=O) groups is 1. The number of hydrogen-bond donors (Lipinski definition) is 0. The summed E-state index contributed by atoms with van der Waals surface area (Å²) in [6, 6.07) is 14.6. The molecule has 0 radical (unpaired) electrons. The third kappa shape index (κ3) is 5.67. The summed E-state index contributed by atoms with van der Waals surface area (Å²) in [6.07, 6.45) is 4.02. The number of methoxy groups -OCH3 is 4. The average molecular weight is 504 g/mol. The van der Waals surface area contributed by atoms with E-state index in [2.05, 4.69) is 0 Å². The molecule has 0 bridgehead atoms. The Morgan fingerprint density at radius 1 is 0.757 bits per heavy atom. The van der Waals surface area contributed by atoms with Crippen molar-refractivity contribution in [2.75, 3.05) is 28.4 Å². The van der Waals surface area contributed by atoms with Crippen molar-refractivity contribution in [3.63, 3.8) is 0 Å². The van der Waals surface area contributed by atoms with Crippen LogP contribution in [0.4, 0.5) is 0 Å². The summed E-state index contributed by atoms with van der Waals surface area (Å²) < 4.78 is 37.6. The van der Waals surface area contributed by atoms with Crippen molar-refractivity contribution >= 4 is 23.0 Å². The zero-order valence-electron chi connectivity index (χ0n) is 20.6. The molecule has 0 saturated heterocycles. The number of hydrogen-bond acceptors (Lipinski definition) is 9. The second-order valence-electron chi connectivity index (χ2n) is 7.58. The first-order chi connectivity index (χ1) is 17.9. The van der Waals surface area contributed by atoms with E-state index in [9.17, 15) is 9.59 Å². The van der Waals surface area contributed by atoms with Crippen molar-refractivity contribution in [3.8, 4) is 40.2 Å². The molecule has 0 fully saturated rings. The lowest BCUT2D eigenvalue weighted by atomic mass is 10.1. The number of carbonyl (C=O) groups excluding carboxylic acids is 1. The lowest BCUT2D eigenvalue weighted by Gasteiger charge is -2.12. The molecule has 1 heterocycles. The minimum atomic E-state index is -0.630. The molecule has 4 rings (SSSR count). The summed E-state index contributed by atoms with van der Waals surface area (Å²) in [4.78, 5) is 25.2. The Labute approximate surface area is 212 Å². The van der Waals surface area contributed by atoms with Crippen LogP contribution in [0, 0.1) is 0 Å². The van der Waals surface area contributed by atoms with Gasteiger partial charge in [-0.25, -0.2) is 4.79 Å². The van der Waals surface area contributed by atoms with Gasteiger partial charge in [0.2, 0.25) is 16.9 Å². The van der Waals surface area contributed by atoms with E-state index in [0.717, 1.165) is 0 Å². The lowest BCUT2D eigenvalue weighted by Crippen LogP contribution is -2.06. The number of fused-ring (bicyclic) bond motifs is 1. The molecule has 4 aromatic rings. The van der Waals surface area contributed by atoms with Gasteiger partial charge in [0, 0.05) is 12.1 Å². The molecule has 3 aromatic carbocycles. The van der Waals surface area contributed by atoms with Crippen molar-refractivity contribution in [1.82, 2.24) is 0 Å². The van der Waals surface area contributed by atoms with E-state index < -0.39 is 5.97 Å². The third-order valence-electron chi connectivity index (χ3n) is 5.32.